The summed E-state index contributed by atoms with van der Waals surface area (Å²) in [6.45, 7) is 3.84. The maximum absolute atomic E-state index is 6.48. The summed E-state index contributed by atoms with van der Waals surface area (Å²) in [5, 5.41) is 0.528. The molecule has 2 aromatic heterocycles. The molecule has 2 aliphatic heterocycles. The van der Waals surface area contributed by atoms with Crippen molar-refractivity contribution in [2.75, 3.05) is 13.3 Å². The SMILES string of the molecule is Cc1oc(-c2cc3c(cc2Cl)OCO3)nc1CN1CCCC[C@H]1c1nc2ccccc2[nH]1. The van der Waals surface area contributed by atoms with Gasteiger partial charge in [0.2, 0.25) is 12.7 Å². The Bertz CT molecular complexity index is 1260. The number of aromatic nitrogens is 3. The number of likely N-dealkylation sites (tertiary alicyclic amines) is 1. The van der Waals surface area contributed by atoms with E-state index in [4.69, 9.17) is 35.5 Å². The molecule has 1 N–H and O–H groups in total. The fourth-order valence-corrected chi connectivity index (χ4v) is 4.82. The molecule has 0 radical (unpaired) electrons. The number of hydrogen-bond donors (Lipinski definition) is 1. The molecule has 164 valence electrons. The molecular formula is C24H23ClN4O3. The molecule has 4 heterocycles. The van der Waals surface area contributed by atoms with E-state index in [1.54, 1.807) is 6.07 Å². The summed E-state index contributed by atoms with van der Waals surface area (Å²) in [5.74, 6) is 3.61. The lowest BCUT2D eigenvalue weighted by Crippen LogP contribution is -2.33. The second-order valence-electron chi connectivity index (χ2n) is 8.33. The number of halogens is 1. The Morgan fingerprint density at radius 3 is 2.84 bits per heavy atom. The number of rotatable bonds is 4. The van der Waals surface area contributed by atoms with E-state index in [1.165, 1.54) is 6.42 Å². The van der Waals surface area contributed by atoms with Crippen molar-refractivity contribution < 1.29 is 13.9 Å². The van der Waals surface area contributed by atoms with Gasteiger partial charge in [-0.25, -0.2) is 9.97 Å². The standard InChI is InChI=1S/C24H23ClN4O3/c1-14-19(28-24(32-14)15-10-21-22(11-16(15)25)31-13-30-21)12-29-9-5-4-8-20(29)23-26-17-6-2-3-7-18(17)27-23/h2-3,6-7,10-11,20H,4-5,8-9,12-13H2,1H3,(H,26,27)/t20-/m0/s1. The third-order valence-electron chi connectivity index (χ3n) is 6.28. The molecule has 0 bridgehead atoms. The van der Waals surface area contributed by atoms with Gasteiger partial charge in [-0.05, 0) is 44.5 Å². The quantitative estimate of drug-likeness (QED) is 0.434. The van der Waals surface area contributed by atoms with Crippen LogP contribution < -0.4 is 9.47 Å². The molecule has 2 aromatic carbocycles. The molecule has 32 heavy (non-hydrogen) atoms. The van der Waals surface area contributed by atoms with Gasteiger partial charge in [-0.3, -0.25) is 4.90 Å². The summed E-state index contributed by atoms with van der Waals surface area (Å²) < 4.78 is 16.9. The number of piperidine rings is 1. The largest absolute Gasteiger partial charge is 0.454 e. The zero-order valence-electron chi connectivity index (χ0n) is 17.7. The Kier molecular flexibility index (Phi) is 4.81. The van der Waals surface area contributed by atoms with E-state index < -0.39 is 0 Å². The molecule has 6 rings (SSSR count). The number of oxazole rings is 1. The van der Waals surface area contributed by atoms with E-state index in [1.807, 2.05) is 31.2 Å². The molecule has 2 aliphatic rings. The minimum atomic E-state index is 0.198. The maximum Gasteiger partial charge on any atom is 0.231 e. The molecule has 4 aromatic rings. The summed E-state index contributed by atoms with van der Waals surface area (Å²) in [5.41, 5.74) is 3.70. The molecule has 7 nitrogen and oxygen atoms in total. The van der Waals surface area contributed by atoms with Crippen LogP contribution in [0.3, 0.4) is 0 Å². The van der Waals surface area contributed by atoms with Gasteiger partial charge in [-0.1, -0.05) is 30.2 Å². The van der Waals surface area contributed by atoms with Crippen LogP contribution in [0, 0.1) is 6.92 Å². The number of nitrogens with zero attached hydrogens (tertiary/aromatic N) is 3. The van der Waals surface area contributed by atoms with Gasteiger partial charge in [-0.2, -0.15) is 0 Å². The summed E-state index contributed by atoms with van der Waals surface area (Å²) in [4.78, 5) is 15.6. The number of ether oxygens (including phenoxy) is 2. The predicted molar refractivity (Wildman–Crippen MR) is 121 cm³/mol. The number of H-pyrrole nitrogens is 1. The first-order chi connectivity index (χ1) is 15.7. The van der Waals surface area contributed by atoms with E-state index in [0.717, 1.165) is 47.7 Å². The molecular weight excluding hydrogens is 428 g/mol. The molecule has 1 atom stereocenters. The van der Waals surface area contributed by atoms with Crippen LogP contribution in [0.4, 0.5) is 0 Å². The van der Waals surface area contributed by atoms with Gasteiger partial charge in [-0.15, -0.1) is 0 Å². The molecule has 1 saturated heterocycles. The van der Waals surface area contributed by atoms with E-state index >= 15 is 0 Å². The van der Waals surface area contributed by atoms with Gasteiger partial charge in [0.05, 0.1) is 33.4 Å². The Labute approximate surface area is 190 Å². The van der Waals surface area contributed by atoms with Gasteiger partial charge in [0.25, 0.3) is 0 Å². The van der Waals surface area contributed by atoms with Crippen molar-refractivity contribution in [3.05, 3.63) is 58.7 Å². The van der Waals surface area contributed by atoms with Gasteiger partial charge < -0.3 is 18.9 Å². The van der Waals surface area contributed by atoms with Crippen molar-refractivity contribution in [3.8, 4) is 23.0 Å². The van der Waals surface area contributed by atoms with Crippen molar-refractivity contribution in [3.63, 3.8) is 0 Å². The van der Waals surface area contributed by atoms with E-state index in [-0.39, 0.29) is 12.8 Å². The second kappa shape index (κ2) is 7.83. The van der Waals surface area contributed by atoms with Gasteiger partial charge in [0, 0.05) is 12.6 Å². The van der Waals surface area contributed by atoms with Crippen LogP contribution in [0.5, 0.6) is 11.5 Å². The van der Waals surface area contributed by atoms with Crippen molar-refractivity contribution in [1.82, 2.24) is 19.9 Å². The first-order valence-electron chi connectivity index (χ1n) is 10.9. The number of fused-ring (bicyclic) bond motifs is 2. The van der Waals surface area contributed by atoms with Gasteiger partial charge in [0.15, 0.2) is 11.5 Å². The van der Waals surface area contributed by atoms with Crippen LogP contribution in [-0.4, -0.2) is 33.2 Å². The molecule has 0 amide bonds. The normalized spacial score (nSPS) is 18.5. The Morgan fingerprint density at radius 2 is 1.97 bits per heavy atom. The third kappa shape index (κ3) is 3.42. The first-order valence-corrected chi connectivity index (χ1v) is 11.3. The third-order valence-corrected chi connectivity index (χ3v) is 6.59. The fourth-order valence-electron chi connectivity index (χ4n) is 4.58. The number of benzene rings is 2. The summed E-state index contributed by atoms with van der Waals surface area (Å²) in [6, 6.07) is 12.0. The van der Waals surface area contributed by atoms with Crippen LogP contribution in [-0.2, 0) is 6.54 Å². The zero-order valence-corrected chi connectivity index (χ0v) is 18.5. The van der Waals surface area contributed by atoms with Crippen LogP contribution in [0.1, 0.15) is 42.6 Å². The Hall–Kier alpha value is -3.03. The van der Waals surface area contributed by atoms with Crippen LogP contribution in [0.15, 0.2) is 40.8 Å². The van der Waals surface area contributed by atoms with E-state index in [2.05, 4.69) is 16.0 Å². The highest BCUT2D eigenvalue weighted by atomic mass is 35.5. The van der Waals surface area contributed by atoms with Crippen molar-refractivity contribution in [1.29, 1.82) is 0 Å². The highest BCUT2D eigenvalue weighted by molar-refractivity contribution is 6.33. The minimum Gasteiger partial charge on any atom is -0.454 e. The van der Waals surface area contributed by atoms with E-state index in [0.29, 0.717) is 34.5 Å². The lowest BCUT2D eigenvalue weighted by atomic mass is 10.0. The van der Waals surface area contributed by atoms with Gasteiger partial charge >= 0.3 is 0 Å². The minimum absolute atomic E-state index is 0.198. The first kappa shape index (κ1) is 19.6. The van der Waals surface area contributed by atoms with Crippen molar-refractivity contribution >= 4 is 22.6 Å². The monoisotopic (exact) mass is 450 g/mol. The Balaban J connectivity index is 1.29. The number of nitrogens with one attached hydrogen (secondary N) is 1. The number of para-hydroxylation sites is 2. The van der Waals surface area contributed by atoms with Crippen LogP contribution >= 0.6 is 11.6 Å². The highest BCUT2D eigenvalue weighted by Gasteiger charge is 2.29. The Morgan fingerprint density at radius 1 is 1.12 bits per heavy atom. The number of hydrogen-bond acceptors (Lipinski definition) is 6. The smallest absolute Gasteiger partial charge is 0.231 e. The number of aromatic amines is 1. The maximum atomic E-state index is 6.48. The lowest BCUT2D eigenvalue weighted by molar-refractivity contribution is 0.132. The average molecular weight is 451 g/mol. The summed E-state index contributed by atoms with van der Waals surface area (Å²) in [7, 11) is 0. The second-order valence-corrected chi connectivity index (χ2v) is 8.74. The molecule has 0 spiro atoms. The lowest BCUT2D eigenvalue weighted by Gasteiger charge is -2.34. The molecule has 1 fully saturated rings. The fraction of sp³-hybridized carbons (Fsp3) is 0.333. The van der Waals surface area contributed by atoms with Gasteiger partial charge in [0.1, 0.15) is 11.6 Å². The molecule has 0 aliphatic carbocycles. The van der Waals surface area contributed by atoms with Crippen LogP contribution in [0.2, 0.25) is 5.02 Å². The van der Waals surface area contributed by atoms with Crippen LogP contribution in [0.25, 0.3) is 22.5 Å². The van der Waals surface area contributed by atoms with E-state index in [9.17, 15) is 0 Å². The highest BCUT2D eigenvalue weighted by Crippen LogP contribution is 2.41. The summed E-state index contributed by atoms with van der Waals surface area (Å²) in [6.07, 6.45) is 3.42. The summed E-state index contributed by atoms with van der Waals surface area (Å²) >= 11 is 6.48. The predicted octanol–water partition coefficient (Wildman–Crippen LogP) is 5.64. The molecule has 8 heteroatoms. The number of aryl methyl sites for hydroxylation is 1. The number of imidazole rings is 1. The van der Waals surface area contributed by atoms with Crippen molar-refractivity contribution in [2.24, 2.45) is 0 Å². The zero-order chi connectivity index (χ0) is 21.7. The average Bonchev–Trinajstić information content (AvgIpc) is 3.52. The topological polar surface area (TPSA) is 76.4 Å². The van der Waals surface area contributed by atoms with Crippen molar-refractivity contribution in [2.45, 2.75) is 38.8 Å². The molecule has 0 saturated carbocycles. The molecule has 0 unspecified atom stereocenters.